The molecule has 0 unspecified atom stereocenters. The standard InChI is InChI=1S/C14H22N2O2S/c1-14(2,3)10-19(17,18)16-8-4-5-11-6-7-12(15)9-13(11)16/h6-7,9H,4-5,8,10,15H2,1-3H3. The Kier molecular flexibility index (Phi) is 3.51. The van der Waals surface area contributed by atoms with Gasteiger partial charge in [-0.05, 0) is 36.0 Å². The van der Waals surface area contributed by atoms with E-state index in [4.69, 9.17) is 5.73 Å². The van der Waals surface area contributed by atoms with Gasteiger partial charge in [0.05, 0.1) is 11.4 Å². The van der Waals surface area contributed by atoms with E-state index in [0.717, 1.165) is 24.1 Å². The van der Waals surface area contributed by atoms with Crippen molar-refractivity contribution in [3.63, 3.8) is 0 Å². The Morgan fingerprint density at radius 1 is 1.32 bits per heavy atom. The van der Waals surface area contributed by atoms with Gasteiger partial charge in [0, 0.05) is 12.2 Å². The summed E-state index contributed by atoms with van der Waals surface area (Å²) in [7, 11) is -3.29. The van der Waals surface area contributed by atoms with Crippen LogP contribution in [-0.2, 0) is 16.4 Å². The number of benzene rings is 1. The molecular weight excluding hydrogens is 260 g/mol. The molecule has 0 saturated heterocycles. The first kappa shape index (κ1) is 14.2. The Hall–Kier alpha value is -1.23. The van der Waals surface area contributed by atoms with Crippen molar-refractivity contribution in [1.82, 2.24) is 0 Å². The third kappa shape index (κ3) is 3.21. The molecule has 0 bridgehead atoms. The molecule has 4 nitrogen and oxygen atoms in total. The van der Waals surface area contributed by atoms with E-state index < -0.39 is 10.0 Å². The van der Waals surface area contributed by atoms with Crippen molar-refractivity contribution in [1.29, 1.82) is 0 Å². The third-order valence-electron chi connectivity index (χ3n) is 3.14. The molecule has 2 N–H and O–H groups in total. The quantitative estimate of drug-likeness (QED) is 0.847. The summed E-state index contributed by atoms with van der Waals surface area (Å²) in [6.45, 7) is 6.37. The van der Waals surface area contributed by atoms with Crippen LogP contribution in [0.4, 0.5) is 11.4 Å². The SMILES string of the molecule is CC(C)(C)CS(=O)(=O)N1CCCc2ccc(N)cc21. The van der Waals surface area contributed by atoms with Gasteiger partial charge in [0.15, 0.2) is 0 Å². The number of rotatable bonds is 2. The normalized spacial score (nSPS) is 16.3. The summed E-state index contributed by atoms with van der Waals surface area (Å²) in [6, 6.07) is 5.54. The van der Waals surface area contributed by atoms with Crippen LogP contribution in [0.3, 0.4) is 0 Å². The number of nitrogen functional groups attached to an aromatic ring is 1. The zero-order valence-electron chi connectivity index (χ0n) is 11.8. The Balaban J connectivity index is 2.41. The summed E-state index contributed by atoms with van der Waals surface area (Å²) in [5.74, 6) is 0.147. The van der Waals surface area contributed by atoms with Crippen LogP contribution in [0.25, 0.3) is 0 Å². The molecule has 0 amide bonds. The van der Waals surface area contributed by atoms with E-state index in [2.05, 4.69) is 0 Å². The minimum absolute atomic E-state index is 0.147. The predicted octanol–water partition coefficient (Wildman–Crippen LogP) is 2.40. The molecule has 0 spiro atoms. The molecule has 0 saturated carbocycles. The van der Waals surface area contributed by atoms with Crippen molar-refractivity contribution < 1.29 is 8.42 Å². The molecule has 0 atom stereocenters. The highest BCUT2D eigenvalue weighted by Crippen LogP contribution is 2.32. The van der Waals surface area contributed by atoms with Gasteiger partial charge >= 0.3 is 0 Å². The first-order valence-corrected chi connectivity index (χ1v) is 8.19. The second-order valence-corrected chi connectivity index (χ2v) is 8.27. The lowest BCUT2D eigenvalue weighted by atomic mass is 10.0. The molecule has 0 fully saturated rings. The maximum atomic E-state index is 12.6. The Morgan fingerprint density at radius 2 is 2.00 bits per heavy atom. The molecule has 2 rings (SSSR count). The van der Waals surface area contributed by atoms with E-state index >= 15 is 0 Å². The lowest BCUT2D eigenvalue weighted by Crippen LogP contribution is -2.40. The van der Waals surface area contributed by atoms with E-state index in [-0.39, 0.29) is 11.2 Å². The summed E-state index contributed by atoms with van der Waals surface area (Å²) in [4.78, 5) is 0. The van der Waals surface area contributed by atoms with Crippen molar-refractivity contribution in [2.45, 2.75) is 33.6 Å². The lowest BCUT2D eigenvalue weighted by molar-refractivity contribution is 0.460. The molecule has 1 heterocycles. The van der Waals surface area contributed by atoms with Gasteiger partial charge in [0.2, 0.25) is 10.0 Å². The van der Waals surface area contributed by atoms with Crippen LogP contribution < -0.4 is 10.0 Å². The van der Waals surface area contributed by atoms with E-state index in [1.54, 1.807) is 6.07 Å². The molecular formula is C14H22N2O2S. The summed E-state index contributed by atoms with van der Waals surface area (Å²) < 4.78 is 26.7. The van der Waals surface area contributed by atoms with Gasteiger partial charge in [-0.1, -0.05) is 26.8 Å². The number of hydrogen-bond acceptors (Lipinski definition) is 3. The average molecular weight is 282 g/mol. The zero-order valence-corrected chi connectivity index (χ0v) is 12.6. The molecule has 0 aromatic heterocycles. The van der Waals surface area contributed by atoms with Crippen molar-refractivity contribution in [3.05, 3.63) is 23.8 Å². The highest BCUT2D eigenvalue weighted by Gasteiger charge is 2.31. The van der Waals surface area contributed by atoms with Gasteiger partial charge in [-0.3, -0.25) is 4.31 Å². The smallest absolute Gasteiger partial charge is 0.235 e. The van der Waals surface area contributed by atoms with Crippen LogP contribution in [0.2, 0.25) is 0 Å². The van der Waals surface area contributed by atoms with Gasteiger partial charge in [-0.15, -0.1) is 0 Å². The molecule has 1 aliphatic heterocycles. The first-order valence-electron chi connectivity index (χ1n) is 6.58. The summed E-state index contributed by atoms with van der Waals surface area (Å²) >= 11 is 0. The fourth-order valence-electron chi connectivity index (χ4n) is 2.47. The molecule has 19 heavy (non-hydrogen) atoms. The fourth-order valence-corrected chi connectivity index (χ4v) is 4.60. The van der Waals surface area contributed by atoms with E-state index in [1.165, 1.54) is 4.31 Å². The number of nitrogens with two attached hydrogens (primary N) is 1. The lowest BCUT2D eigenvalue weighted by Gasteiger charge is -2.33. The zero-order chi connectivity index (χ0) is 14.3. The predicted molar refractivity (Wildman–Crippen MR) is 79.8 cm³/mol. The highest BCUT2D eigenvalue weighted by molar-refractivity contribution is 7.92. The summed E-state index contributed by atoms with van der Waals surface area (Å²) in [5, 5.41) is 0. The Labute approximate surface area is 115 Å². The third-order valence-corrected chi connectivity index (χ3v) is 5.42. The average Bonchev–Trinajstić information content (AvgIpc) is 2.24. The maximum absolute atomic E-state index is 12.6. The monoisotopic (exact) mass is 282 g/mol. The van der Waals surface area contributed by atoms with E-state index in [0.29, 0.717) is 12.2 Å². The number of nitrogens with zero attached hydrogens (tertiary/aromatic N) is 1. The van der Waals surface area contributed by atoms with Crippen LogP contribution in [0, 0.1) is 5.41 Å². The molecule has 0 radical (unpaired) electrons. The van der Waals surface area contributed by atoms with E-state index in [1.807, 2.05) is 32.9 Å². The van der Waals surface area contributed by atoms with Crippen LogP contribution in [0.1, 0.15) is 32.8 Å². The number of hydrogen-bond donors (Lipinski definition) is 1. The minimum atomic E-state index is -3.29. The largest absolute Gasteiger partial charge is 0.399 e. The van der Waals surface area contributed by atoms with Crippen molar-refractivity contribution in [3.8, 4) is 0 Å². The van der Waals surface area contributed by atoms with Crippen molar-refractivity contribution in [2.24, 2.45) is 5.41 Å². The highest BCUT2D eigenvalue weighted by atomic mass is 32.2. The molecule has 1 aliphatic rings. The maximum Gasteiger partial charge on any atom is 0.235 e. The summed E-state index contributed by atoms with van der Waals surface area (Å²) in [5.41, 5.74) is 7.98. The second-order valence-electron chi connectivity index (χ2n) is 6.38. The van der Waals surface area contributed by atoms with Gasteiger partial charge in [0.25, 0.3) is 0 Å². The fraction of sp³-hybridized carbons (Fsp3) is 0.571. The minimum Gasteiger partial charge on any atom is -0.399 e. The molecule has 0 aliphatic carbocycles. The van der Waals surface area contributed by atoms with Crippen molar-refractivity contribution in [2.75, 3.05) is 22.3 Å². The van der Waals surface area contributed by atoms with Gasteiger partial charge < -0.3 is 5.73 Å². The molecule has 106 valence electrons. The second kappa shape index (κ2) is 4.71. The number of aryl methyl sites for hydroxylation is 1. The van der Waals surface area contributed by atoms with Gasteiger partial charge in [-0.25, -0.2) is 8.42 Å². The molecule has 5 heteroatoms. The van der Waals surface area contributed by atoms with Crippen molar-refractivity contribution >= 4 is 21.4 Å². The Morgan fingerprint density at radius 3 is 2.63 bits per heavy atom. The first-order chi connectivity index (χ1) is 8.69. The summed E-state index contributed by atoms with van der Waals surface area (Å²) in [6.07, 6.45) is 1.78. The number of fused-ring (bicyclic) bond motifs is 1. The molecule has 1 aromatic carbocycles. The van der Waals surface area contributed by atoms with Gasteiger partial charge in [-0.2, -0.15) is 0 Å². The topological polar surface area (TPSA) is 63.4 Å². The molecule has 1 aromatic rings. The van der Waals surface area contributed by atoms with Crippen LogP contribution >= 0.6 is 0 Å². The van der Waals surface area contributed by atoms with Crippen LogP contribution in [0.5, 0.6) is 0 Å². The van der Waals surface area contributed by atoms with Crippen LogP contribution in [-0.4, -0.2) is 20.7 Å². The number of anilines is 2. The Bertz CT molecular complexity index is 574. The number of sulfonamides is 1. The van der Waals surface area contributed by atoms with E-state index in [9.17, 15) is 8.42 Å². The van der Waals surface area contributed by atoms with Gasteiger partial charge in [0.1, 0.15) is 0 Å². The van der Waals surface area contributed by atoms with Crippen LogP contribution in [0.15, 0.2) is 18.2 Å².